The number of benzene rings is 2. The van der Waals surface area contributed by atoms with Gasteiger partial charge in [0.15, 0.2) is 5.78 Å². The van der Waals surface area contributed by atoms with E-state index in [1.54, 1.807) is 32.4 Å². The number of methoxy groups -OCH3 is 2. The van der Waals surface area contributed by atoms with Crippen LogP contribution < -0.4 is 18.9 Å². The number of carbonyl (C=O) groups excluding carboxylic acids is 2. The van der Waals surface area contributed by atoms with E-state index in [0.717, 1.165) is 11.5 Å². The minimum Gasteiger partial charge on any atom is -0.497 e. The average molecular weight is 440 g/mol. The molecule has 170 valence electrons. The quantitative estimate of drug-likeness (QED) is 0.610. The minimum absolute atomic E-state index is 0.0874. The number of carbonyl (C=O) groups is 2. The second kappa shape index (κ2) is 9.51. The zero-order valence-electron chi connectivity index (χ0n) is 18.6. The Morgan fingerprint density at radius 1 is 1.00 bits per heavy atom. The van der Waals surface area contributed by atoms with Crippen LogP contribution in [-0.4, -0.2) is 56.1 Å². The van der Waals surface area contributed by atoms with Crippen molar-refractivity contribution in [2.45, 2.75) is 37.7 Å². The Kier molecular flexibility index (Phi) is 6.53. The lowest BCUT2D eigenvalue weighted by Crippen LogP contribution is -2.52. The largest absolute Gasteiger partial charge is 0.497 e. The summed E-state index contributed by atoms with van der Waals surface area (Å²) >= 11 is 0. The van der Waals surface area contributed by atoms with Crippen LogP contribution in [0.4, 0.5) is 0 Å². The first kappa shape index (κ1) is 22.0. The van der Waals surface area contributed by atoms with Crippen molar-refractivity contribution in [3.05, 3.63) is 48.0 Å². The number of ketones is 1. The fourth-order valence-electron chi connectivity index (χ4n) is 4.29. The molecule has 2 aliphatic rings. The van der Waals surface area contributed by atoms with Crippen molar-refractivity contribution in [3.63, 3.8) is 0 Å². The Labute approximate surface area is 188 Å². The standard InChI is InChI=1S/C25H29NO6/c1-29-18-5-7-19(8-6-18)31-15-3-4-24(28)26-13-11-25(12-14-26)17-22(27)21-10-9-20(30-2)16-23(21)32-25/h5-10,16H,3-4,11-15,17H2,1-2H3. The van der Waals surface area contributed by atoms with Crippen molar-refractivity contribution in [2.75, 3.05) is 33.9 Å². The number of rotatable bonds is 7. The van der Waals surface area contributed by atoms with E-state index < -0.39 is 5.60 Å². The van der Waals surface area contributed by atoms with Gasteiger partial charge in [0.05, 0.1) is 32.8 Å². The van der Waals surface area contributed by atoms with Crippen LogP contribution in [0.25, 0.3) is 0 Å². The second-order valence-corrected chi connectivity index (χ2v) is 8.26. The number of fused-ring (bicyclic) bond motifs is 1. The number of amides is 1. The van der Waals surface area contributed by atoms with Crippen molar-refractivity contribution < 1.29 is 28.5 Å². The molecule has 1 saturated heterocycles. The highest BCUT2D eigenvalue weighted by atomic mass is 16.5. The molecule has 0 N–H and O–H groups in total. The number of ether oxygens (including phenoxy) is 4. The van der Waals surface area contributed by atoms with Crippen molar-refractivity contribution >= 4 is 11.7 Å². The predicted molar refractivity (Wildman–Crippen MR) is 119 cm³/mol. The van der Waals surface area contributed by atoms with E-state index in [9.17, 15) is 9.59 Å². The molecule has 0 saturated carbocycles. The first-order chi connectivity index (χ1) is 15.5. The zero-order valence-corrected chi connectivity index (χ0v) is 18.6. The molecule has 1 amide bonds. The van der Waals surface area contributed by atoms with Gasteiger partial charge in [0.25, 0.3) is 0 Å². The molecule has 0 aromatic heterocycles. The van der Waals surface area contributed by atoms with Crippen molar-refractivity contribution in [2.24, 2.45) is 0 Å². The third-order valence-corrected chi connectivity index (χ3v) is 6.19. The summed E-state index contributed by atoms with van der Waals surface area (Å²) in [6, 6.07) is 12.7. The molecule has 1 fully saturated rings. The summed E-state index contributed by atoms with van der Waals surface area (Å²) in [4.78, 5) is 27.2. The van der Waals surface area contributed by atoms with Gasteiger partial charge in [-0.15, -0.1) is 0 Å². The molecule has 0 radical (unpaired) electrons. The molecule has 0 unspecified atom stereocenters. The van der Waals surface area contributed by atoms with Gasteiger partial charge in [-0.2, -0.15) is 0 Å². The van der Waals surface area contributed by atoms with E-state index in [4.69, 9.17) is 18.9 Å². The molecule has 7 nitrogen and oxygen atoms in total. The van der Waals surface area contributed by atoms with Crippen LogP contribution >= 0.6 is 0 Å². The molecular formula is C25H29NO6. The molecule has 0 bridgehead atoms. The summed E-state index contributed by atoms with van der Waals surface area (Å²) in [6.45, 7) is 1.65. The lowest BCUT2D eigenvalue weighted by Gasteiger charge is -2.44. The Bertz CT molecular complexity index is 963. The first-order valence-corrected chi connectivity index (χ1v) is 11.0. The second-order valence-electron chi connectivity index (χ2n) is 8.26. The van der Waals surface area contributed by atoms with Crippen LogP contribution in [0.3, 0.4) is 0 Å². The van der Waals surface area contributed by atoms with Gasteiger partial charge in [-0.1, -0.05) is 0 Å². The van der Waals surface area contributed by atoms with Crippen LogP contribution in [0.2, 0.25) is 0 Å². The van der Waals surface area contributed by atoms with Gasteiger partial charge in [0.1, 0.15) is 28.6 Å². The highest BCUT2D eigenvalue weighted by Crippen LogP contribution is 2.40. The molecule has 0 atom stereocenters. The Hall–Kier alpha value is -3.22. The predicted octanol–water partition coefficient (Wildman–Crippen LogP) is 3.89. The third-order valence-electron chi connectivity index (χ3n) is 6.19. The molecule has 2 aromatic carbocycles. The molecule has 4 rings (SSSR count). The number of Topliss-reactive ketones (excluding diaryl/α,β-unsaturated/α-hetero) is 1. The van der Waals surface area contributed by atoms with Gasteiger partial charge in [-0.05, 0) is 42.8 Å². The van der Waals surface area contributed by atoms with Gasteiger partial charge in [0, 0.05) is 38.4 Å². The summed E-state index contributed by atoms with van der Waals surface area (Å²) in [6.07, 6.45) is 2.72. The van der Waals surface area contributed by atoms with Crippen LogP contribution in [0.1, 0.15) is 42.5 Å². The smallest absolute Gasteiger partial charge is 0.222 e. The lowest BCUT2D eigenvalue weighted by molar-refractivity contribution is -0.135. The number of hydrogen-bond acceptors (Lipinski definition) is 6. The maximum absolute atomic E-state index is 12.7. The van der Waals surface area contributed by atoms with Crippen LogP contribution in [-0.2, 0) is 4.79 Å². The van der Waals surface area contributed by atoms with Gasteiger partial charge >= 0.3 is 0 Å². The highest BCUT2D eigenvalue weighted by molar-refractivity contribution is 6.00. The van der Waals surface area contributed by atoms with E-state index >= 15 is 0 Å². The monoisotopic (exact) mass is 439 g/mol. The van der Waals surface area contributed by atoms with E-state index in [1.807, 2.05) is 29.2 Å². The average Bonchev–Trinajstić information content (AvgIpc) is 2.82. The maximum Gasteiger partial charge on any atom is 0.222 e. The van der Waals surface area contributed by atoms with Crippen molar-refractivity contribution in [1.82, 2.24) is 4.90 Å². The summed E-state index contributed by atoms with van der Waals surface area (Å²) < 4.78 is 22.4. The van der Waals surface area contributed by atoms with Gasteiger partial charge < -0.3 is 23.8 Å². The minimum atomic E-state index is -0.537. The molecule has 32 heavy (non-hydrogen) atoms. The Balaban J connectivity index is 1.25. The Morgan fingerprint density at radius 2 is 1.66 bits per heavy atom. The van der Waals surface area contributed by atoms with Crippen molar-refractivity contribution in [3.8, 4) is 23.0 Å². The molecule has 2 heterocycles. The summed E-state index contributed by atoms with van der Waals surface area (Å²) in [5, 5.41) is 0. The van der Waals surface area contributed by atoms with Crippen LogP contribution in [0, 0.1) is 0 Å². The number of nitrogens with zero attached hydrogens (tertiary/aromatic N) is 1. The summed E-state index contributed by atoms with van der Waals surface area (Å²) in [7, 11) is 3.21. The maximum atomic E-state index is 12.7. The van der Waals surface area contributed by atoms with Gasteiger partial charge in [-0.25, -0.2) is 0 Å². The summed E-state index contributed by atoms with van der Waals surface area (Å²) in [5.74, 6) is 2.98. The van der Waals surface area contributed by atoms with Gasteiger partial charge in [0.2, 0.25) is 5.91 Å². The molecule has 1 spiro atoms. The topological polar surface area (TPSA) is 74.3 Å². The Morgan fingerprint density at radius 3 is 2.34 bits per heavy atom. The number of hydrogen-bond donors (Lipinski definition) is 0. The van der Waals surface area contributed by atoms with E-state index in [0.29, 0.717) is 68.9 Å². The normalized spacial score (nSPS) is 16.8. The van der Waals surface area contributed by atoms with Crippen LogP contribution in [0.5, 0.6) is 23.0 Å². The molecule has 7 heteroatoms. The number of piperidine rings is 1. The van der Waals surface area contributed by atoms with Gasteiger partial charge in [-0.3, -0.25) is 9.59 Å². The van der Waals surface area contributed by atoms with Crippen molar-refractivity contribution in [1.29, 1.82) is 0 Å². The zero-order chi connectivity index (χ0) is 22.6. The fraction of sp³-hybridized carbons (Fsp3) is 0.440. The molecule has 0 aliphatic carbocycles. The SMILES string of the molecule is COc1ccc(OCCCC(=O)N2CCC3(CC2)CC(=O)c2ccc(OC)cc2O3)cc1. The van der Waals surface area contributed by atoms with Crippen LogP contribution in [0.15, 0.2) is 42.5 Å². The molecular weight excluding hydrogens is 410 g/mol. The third kappa shape index (κ3) is 4.82. The van der Waals surface area contributed by atoms with E-state index in [1.165, 1.54) is 0 Å². The summed E-state index contributed by atoms with van der Waals surface area (Å²) in [5.41, 5.74) is 0.0665. The molecule has 2 aromatic rings. The lowest BCUT2D eigenvalue weighted by atomic mass is 9.82. The first-order valence-electron chi connectivity index (χ1n) is 11.0. The van der Waals surface area contributed by atoms with E-state index in [-0.39, 0.29) is 11.7 Å². The fourth-order valence-corrected chi connectivity index (χ4v) is 4.29. The highest BCUT2D eigenvalue weighted by Gasteiger charge is 2.43. The number of likely N-dealkylation sites (tertiary alicyclic amines) is 1. The molecule has 2 aliphatic heterocycles. The van der Waals surface area contributed by atoms with E-state index in [2.05, 4.69) is 0 Å².